The molecule has 90 valence electrons. The van der Waals surface area contributed by atoms with E-state index >= 15 is 0 Å². The van der Waals surface area contributed by atoms with Gasteiger partial charge in [-0.2, -0.15) is 14.0 Å². The molecule has 17 heavy (non-hydrogen) atoms. The van der Waals surface area contributed by atoms with Crippen molar-refractivity contribution in [3.8, 4) is 11.8 Å². The number of hydrogen-bond donors (Lipinski definition) is 0. The minimum Gasteiger partial charge on any atom is -0.433 e. The van der Waals surface area contributed by atoms with Gasteiger partial charge in [-0.1, -0.05) is 6.92 Å². The van der Waals surface area contributed by atoms with Gasteiger partial charge in [0.1, 0.15) is 11.8 Å². The predicted octanol–water partition coefficient (Wildman–Crippen LogP) is 2.92. The van der Waals surface area contributed by atoms with Gasteiger partial charge in [-0.3, -0.25) is 4.79 Å². The molecule has 0 atom stereocenters. The van der Waals surface area contributed by atoms with Crippen LogP contribution in [0.1, 0.15) is 35.3 Å². The van der Waals surface area contributed by atoms with Gasteiger partial charge in [0.05, 0.1) is 5.56 Å². The Labute approximate surface area is 97.6 Å². The molecule has 0 fully saturated rings. The van der Waals surface area contributed by atoms with Crippen molar-refractivity contribution < 1.29 is 18.3 Å². The Hall–Kier alpha value is -1.96. The zero-order valence-corrected chi connectivity index (χ0v) is 9.46. The monoisotopic (exact) mass is 239 g/mol. The molecule has 0 aliphatic rings. The van der Waals surface area contributed by atoms with Crippen LogP contribution in [0.15, 0.2) is 12.1 Å². The van der Waals surface area contributed by atoms with Gasteiger partial charge in [0.15, 0.2) is 5.78 Å². The summed E-state index contributed by atoms with van der Waals surface area (Å²) in [6.45, 7) is 0.137. The first-order valence-corrected chi connectivity index (χ1v) is 5.02. The molecule has 0 saturated carbocycles. The number of nitrogens with zero attached hydrogens (tertiary/aromatic N) is 1. The molecule has 0 spiro atoms. The van der Waals surface area contributed by atoms with Crippen molar-refractivity contribution in [2.24, 2.45) is 0 Å². The lowest BCUT2D eigenvalue weighted by Crippen LogP contribution is -2.07. The van der Waals surface area contributed by atoms with E-state index in [1.54, 1.807) is 6.07 Å². The molecule has 1 aromatic rings. The molecule has 0 N–H and O–H groups in total. The molecule has 0 bridgehead atoms. The average Bonchev–Trinajstić information content (AvgIpc) is 2.27. The number of alkyl halides is 2. The second-order valence-electron chi connectivity index (χ2n) is 3.41. The van der Waals surface area contributed by atoms with Gasteiger partial charge in [-0.05, 0) is 31.0 Å². The van der Waals surface area contributed by atoms with E-state index < -0.39 is 6.61 Å². The first-order valence-electron chi connectivity index (χ1n) is 5.02. The van der Waals surface area contributed by atoms with Crippen molar-refractivity contribution in [2.45, 2.75) is 26.9 Å². The maximum Gasteiger partial charge on any atom is 0.387 e. The van der Waals surface area contributed by atoms with Crippen molar-refractivity contribution in [3.05, 3.63) is 28.8 Å². The second kappa shape index (κ2) is 5.39. The molecule has 0 aliphatic heterocycles. The number of carbonyl (C=O) groups excluding carboxylic acids is 1. The van der Waals surface area contributed by atoms with Gasteiger partial charge < -0.3 is 4.74 Å². The standard InChI is InChI=1S/C12H11F2NO2/c1-3-8-4-9(6-15)11(17-12(13)14)5-10(8)7(2)16/h4-5,12H,3H2,1-2H3. The van der Waals surface area contributed by atoms with Crippen molar-refractivity contribution in [3.63, 3.8) is 0 Å². The van der Waals surface area contributed by atoms with Gasteiger partial charge in [-0.25, -0.2) is 0 Å². The molecule has 0 aromatic heterocycles. The van der Waals surface area contributed by atoms with Crippen LogP contribution in [-0.4, -0.2) is 12.4 Å². The maximum absolute atomic E-state index is 12.1. The first-order chi connectivity index (χ1) is 7.99. The fraction of sp³-hybridized carbons (Fsp3) is 0.333. The number of hydrogen-bond acceptors (Lipinski definition) is 3. The van der Waals surface area contributed by atoms with Crippen LogP contribution in [0.3, 0.4) is 0 Å². The highest BCUT2D eigenvalue weighted by atomic mass is 19.3. The Bertz CT molecular complexity index is 478. The van der Waals surface area contributed by atoms with Gasteiger partial charge >= 0.3 is 6.61 Å². The van der Waals surface area contributed by atoms with E-state index in [4.69, 9.17) is 5.26 Å². The molecular weight excluding hydrogens is 228 g/mol. The zero-order valence-electron chi connectivity index (χ0n) is 9.46. The largest absolute Gasteiger partial charge is 0.433 e. The fourth-order valence-corrected chi connectivity index (χ4v) is 1.53. The van der Waals surface area contributed by atoms with Crippen LogP contribution in [0.2, 0.25) is 0 Å². The molecule has 0 unspecified atom stereocenters. The van der Waals surface area contributed by atoms with Crippen molar-refractivity contribution in [2.75, 3.05) is 0 Å². The Morgan fingerprint density at radius 3 is 2.59 bits per heavy atom. The summed E-state index contributed by atoms with van der Waals surface area (Å²) >= 11 is 0. The normalized spacial score (nSPS) is 10.1. The van der Waals surface area contributed by atoms with Crippen molar-refractivity contribution >= 4 is 5.78 Å². The maximum atomic E-state index is 12.1. The van der Waals surface area contributed by atoms with Crippen LogP contribution >= 0.6 is 0 Å². The number of rotatable bonds is 4. The van der Waals surface area contributed by atoms with Gasteiger partial charge in [0.25, 0.3) is 0 Å². The minimum atomic E-state index is -3.02. The summed E-state index contributed by atoms with van der Waals surface area (Å²) in [6, 6.07) is 4.38. The zero-order chi connectivity index (χ0) is 13.0. The first kappa shape index (κ1) is 13.1. The minimum absolute atomic E-state index is 0.00662. The van der Waals surface area contributed by atoms with Crippen LogP contribution < -0.4 is 4.74 Å². The van der Waals surface area contributed by atoms with Crippen LogP contribution in [0.5, 0.6) is 5.75 Å². The molecule has 1 rings (SSSR count). The Kier molecular flexibility index (Phi) is 4.16. The third-order valence-electron chi connectivity index (χ3n) is 2.30. The van der Waals surface area contributed by atoms with E-state index in [1.807, 2.05) is 6.92 Å². The molecule has 0 saturated heterocycles. The summed E-state index contributed by atoms with van der Waals surface area (Å²) in [6.07, 6.45) is 0.540. The predicted molar refractivity (Wildman–Crippen MR) is 57.2 cm³/mol. The van der Waals surface area contributed by atoms with E-state index in [0.29, 0.717) is 17.5 Å². The Balaban J connectivity index is 3.35. The van der Waals surface area contributed by atoms with E-state index in [9.17, 15) is 13.6 Å². The molecule has 0 amide bonds. The lowest BCUT2D eigenvalue weighted by Gasteiger charge is -2.11. The summed E-state index contributed by atoms with van der Waals surface area (Å²) in [4.78, 5) is 11.3. The number of aryl methyl sites for hydroxylation is 1. The van der Waals surface area contributed by atoms with Gasteiger partial charge in [-0.15, -0.1) is 0 Å². The quantitative estimate of drug-likeness (QED) is 0.759. The summed E-state index contributed by atoms with van der Waals surface area (Å²) < 4.78 is 28.5. The molecule has 3 nitrogen and oxygen atoms in total. The van der Waals surface area contributed by atoms with Crippen LogP contribution in [-0.2, 0) is 6.42 Å². The van der Waals surface area contributed by atoms with Crippen molar-refractivity contribution in [1.82, 2.24) is 0 Å². The van der Waals surface area contributed by atoms with Gasteiger partial charge in [0.2, 0.25) is 0 Å². The number of Topliss-reactive ketones (excluding diaryl/α,β-unsaturated/α-hetero) is 1. The number of carbonyl (C=O) groups is 1. The van der Waals surface area contributed by atoms with E-state index in [1.165, 1.54) is 19.1 Å². The highest BCUT2D eigenvalue weighted by Gasteiger charge is 2.15. The third-order valence-corrected chi connectivity index (χ3v) is 2.30. The Morgan fingerprint density at radius 2 is 2.18 bits per heavy atom. The molecule has 1 aromatic carbocycles. The average molecular weight is 239 g/mol. The SMILES string of the molecule is CCc1cc(C#N)c(OC(F)F)cc1C(C)=O. The smallest absolute Gasteiger partial charge is 0.387 e. The summed E-state index contributed by atoms with van der Waals surface area (Å²) in [5.41, 5.74) is 0.963. The molecule has 0 heterocycles. The number of nitriles is 1. The van der Waals surface area contributed by atoms with Crippen LogP contribution in [0, 0.1) is 11.3 Å². The van der Waals surface area contributed by atoms with E-state index in [-0.39, 0.29) is 17.1 Å². The van der Waals surface area contributed by atoms with E-state index in [2.05, 4.69) is 4.74 Å². The molecule has 0 radical (unpaired) electrons. The van der Waals surface area contributed by atoms with Gasteiger partial charge in [0, 0.05) is 5.56 Å². The Morgan fingerprint density at radius 1 is 1.53 bits per heavy atom. The summed E-state index contributed by atoms with van der Waals surface area (Å²) in [7, 11) is 0. The lowest BCUT2D eigenvalue weighted by molar-refractivity contribution is -0.0500. The van der Waals surface area contributed by atoms with E-state index in [0.717, 1.165) is 0 Å². The summed E-state index contributed by atoms with van der Waals surface area (Å²) in [5, 5.41) is 8.82. The van der Waals surface area contributed by atoms with Crippen LogP contribution in [0.4, 0.5) is 8.78 Å². The number of benzene rings is 1. The lowest BCUT2D eigenvalue weighted by atomic mass is 9.99. The highest BCUT2D eigenvalue weighted by molar-refractivity contribution is 5.96. The third kappa shape index (κ3) is 3.00. The molecular formula is C12H11F2NO2. The van der Waals surface area contributed by atoms with Crippen LogP contribution in [0.25, 0.3) is 0 Å². The number of ketones is 1. The van der Waals surface area contributed by atoms with Crippen molar-refractivity contribution in [1.29, 1.82) is 5.26 Å². The number of ether oxygens (including phenoxy) is 1. The molecule has 5 heteroatoms. The number of halogens is 2. The summed E-state index contributed by atoms with van der Waals surface area (Å²) in [5.74, 6) is -0.504. The molecule has 0 aliphatic carbocycles. The second-order valence-corrected chi connectivity index (χ2v) is 3.41. The highest BCUT2D eigenvalue weighted by Crippen LogP contribution is 2.25. The fourth-order valence-electron chi connectivity index (χ4n) is 1.53. The topological polar surface area (TPSA) is 50.1 Å².